The lowest BCUT2D eigenvalue weighted by Crippen LogP contribution is -2.43. The number of hydrogen-bond acceptors (Lipinski definition) is 6. The van der Waals surface area contributed by atoms with Gasteiger partial charge in [-0.15, -0.1) is 0 Å². The number of imide groups is 1. The van der Waals surface area contributed by atoms with Gasteiger partial charge in [-0.2, -0.15) is 0 Å². The van der Waals surface area contributed by atoms with Gasteiger partial charge in [0.25, 0.3) is 17.5 Å². The average Bonchev–Trinajstić information content (AvgIpc) is 2.99. The van der Waals surface area contributed by atoms with E-state index < -0.39 is 16.7 Å². The third kappa shape index (κ3) is 4.23. The number of amides is 2. The van der Waals surface area contributed by atoms with E-state index in [4.69, 9.17) is 11.6 Å². The third-order valence-electron chi connectivity index (χ3n) is 5.59. The first-order valence-electron chi connectivity index (χ1n) is 9.88. The third-order valence-corrected chi connectivity index (χ3v) is 5.94. The molecule has 160 valence electrons. The molecule has 0 saturated carbocycles. The maximum absolute atomic E-state index is 13.0. The number of piperazine rings is 1. The molecule has 0 aliphatic carbocycles. The summed E-state index contributed by atoms with van der Waals surface area (Å²) in [5, 5.41) is 10.7. The first-order valence-corrected chi connectivity index (χ1v) is 10.3. The average molecular weight is 441 g/mol. The van der Waals surface area contributed by atoms with Gasteiger partial charge in [-0.1, -0.05) is 23.7 Å². The van der Waals surface area contributed by atoms with Crippen molar-refractivity contribution in [2.45, 2.75) is 6.54 Å². The van der Waals surface area contributed by atoms with Crippen molar-refractivity contribution in [2.24, 2.45) is 0 Å². The fourth-order valence-electron chi connectivity index (χ4n) is 3.75. The zero-order chi connectivity index (χ0) is 22.1. The van der Waals surface area contributed by atoms with Crippen LogP contribution in [-0.4, -0.2) is 59.8 Å². The van der Waals surface area contributed by atoms with E-state index in [1.807, 2.05) is 12.1 Å². The second-order valence-electron chi connectivity index (χ2n) is 7.68. The Morgan fingerprint density at radius 1 is 0.935 bits per heavy atom. The van der Waals surface area contributed by atoms with Crippen molar-refractivity contribution < 1.29 is 14.5 Å². The molecule has 4 rings (SSSR count). The van der Waals surface area contributed by atoms with Crippen LogP contribution < -0.4 is 4.90 Å². The molecule has 2 heterocycles. The number of halogens is 1. The number of hydrogen-bond donors (Lipinski definition) is 0. The molecule has 8 nitrogen and oxygen atoms in total. The maximum Gasteiger partial charge on any atom is 0.277 e. The highest BCUT2D eigenvalue weighted by Gasteiger charge is 2.39. The first-order chi connectivity index (χ1) is 14.8. The van der Waals surface area contributed by atoms with Crippen molar-refractivity contribution >= 4 is 40.4 Å². The zero-order valence-corrected chi connectivity index (χ0v) is 17.7. The summed E-state index contributed by atoms with van der Waals surface area (Å²) in [7, 11) is 2.11. The quantitative estimate of drug-likeness (QED) is 0.403. The molecule has 2 amide bonds. The Kier molecular flexibility index (Phi) is 5.86. The number of anilines is 1. The van der Waals surface area contributed by atoms with Gasteiger partial charge in [0, 0.05) is 44.9 Å². The van der Waals surface area contributed by atoms with Crippen LogP contribution in [-0.2, 0) is 16.1 Å². The number of non-ortho nitro benzene ring substituents is 1. The standard InChI is InChI=1S/C22H21ClN4O4/c1-24-10-12-25(13-11-24)14-15-2-6-17(7-3-15)26-21(28)19(20(23)22(26)29)16-4-8-18(9-5-16)27(30)31/h2-9H,10-14H2,1H3. The topological polar surface area (TPSA) is 87.0 Å². The predicted octanol–water partition coefficient (Wildman–Crippen LogP) is 2.87. The van der Waals surface area contributed by atoms with Crippen molar-refractivity contribution in [1.29, 1.82) is 0 Å². The van der Waals surface area contributed by atoms with Crippen LogP contribution >= 0.6 is 11.6 Å². The molecule has 0 bridgehead atoms. The molecule has 1 fully saturated rings. The van der Waals surface area contributed by atoms with Gasteiger partial charge in [-0.05, 0) is 42.4 Å². The number of carbonyl (C=O) groups excluding carboxylic acids is 2. The highest BCUT2D eigenvalue weighted by Crippen LogP contribution is 2.35. The van der Waals surface area contributed by atoms with Crippen LogP contribution in [0.15, 0.2) is 53.6 Å². The lowest BCUT2D eigenvalue weighted by molar-refractivity contribution is -0.384. The zero-order valence-electron chi connectivity index (χ0n) is 17.0. The smallest absolute Gasteiger partial charge is 0.277 e. The van der Waals surface area contributed by atoms with Crippen molar-refractivity contribution in [3.8, 4) is 0 Å². The summed E-state index contributed by atoms with van der Waals surface area (Å²) >= 11 is 6.20. The number of nitrogens with zero attached hydrogens (tertiary/aromatic N) is 4. The molecular formula is C22H21ClN4O4. The molecule has 1 saturated heterocycles. The van der Waals surface area contributed by atoms with E-state index in [1.165, 1.54) is 24.3 Å². The van der Waals surface area contributed by atoms with Gasteiger partial charge in [0.2, 0.25) is 0 Å². The monoisotopic (exact) mass is 440 g/mol. The Bertz CT molecular complexity index is 1060. The molecule has 31 heavy (non-hydrogen) atoms. The minimum Gasteiger partial charge on any atom is -0.304 e. The molecule has 0 atom stereocenters. The molecule has 2 aromatic carbocycles. The molecule has 9 heteroatoms. The Balaban J connectivity index is 1.51. The number of nitro benzene ring substituents is 1. The Labute approximate surface area is 184 Å². The number of carbonyl (C=O) groups is 2. The van der Waals surface area contributed by atoms with Crippen LogP contribution in [0, 0.1) is 10.1 Å². The summed E-state index contributed by atoms with van der Waals surface area (Å²) < 4.78 is 0. The van der Waals surface area contributed by atoms with Crippen LogP contribution in [0.25, 0.3) is 5.57 Å². The lowest BCUT2D eigenvalue weighted by Gasteiger charge is -2.32. The van der Waals surface area contributed by atoms with E-state index in [9.17, 15) is 19.7 Å². The van der Waals surface area contributed by atoms with Crippen LogP contribution in [0.4, 0.5) is 11.4 Å². The molecular weight excluding hydrogens is 420 g/mol. The summed E-state index contributed by atoms with van der Waals surface area (Å²) in [6, 6.07) is 12.7. The molecule has 2 aromatic rings. The molecule has 0 radical (unpaired) electrons. The van der Waals surface area contributed by atoms with E-state index in [0.29, 0.717) is 11.3 Å². The minimum absolute atomic E-state index is 0.0445. The number of likely N-dealkylation sites (N-methyl/N-ethyl adjacent to an activating group) is 1. The fraction of sp³-hybridized carbons (Fsp3) is 0.273. The van der Waals surface area contributed by atoms with Gasteiger partial charge in [0.1, 0.15) is 5.03 Å². The van der Waals surface area contributed by atoms with Gasteiger partial charge in [0.15, 0.2) is 0 Å². The molecule has 2 aliphatic heterocycles. The Hall–Kier alpha value is -3.07. The van der Waals surface area contributed by atoms with Gasteiger partial charge in [-0.3, -0.25) is 24.6 Å². The minimum atomic E-state index is -0.605. The first kappa shape index (κ1) is 21.2. The van der Waals surface area contributed by atoms with Crippen molar-refractivity contribution in [2.75, 3.05) is 38.1 Å². The lowest BCUT2D eigenvalue weighted by atomic mass is 10.1. The van der Waals surface area contributed by atoms with E-state index in [2.05, 4.69) is 16.8 Å². The number of rotatable bonds is 5. The Morgan fingerprint density at radius 2 is 1.55 bits per heavy atom. The normalized spacial score (nSPS) is 18.2. The van der Waals surface area contributed by atoms with E-state index >= 15 is 0 Å². The highest BCUT2D eigenvalue weighted by molar-refractivity contribution is 6.60. The number of nitro groups is 1. The molecule has 0 aromatic heterocycles. The van der Waals surface area contributed by atoms with Crippen LogP contribution in [0.3, 0.4) is 0 Å². The SMILES string of the molecule is CN1CCN(Cc2ccc(N3C(=O)C(Cl)=C(c4ccc([N+](=O)[O-])cc4)C3=O)cc2)CC1. The largest absolute Gasteiger partial charge is 0.304 e. The van der Waals surface area contributed by atoms with E-state index in [-0.39, 0.29) is 16.3 Å². The number of benzene rings is 2. The highest BCUT2D eigenvalue weighted by atomic mass is 35.5. The van der Waals surface area contributed by atoms with E-state index in [0.717, 1.165) is 43.2 Å². The Morgan fingerprint density at radius 3 is 2.13 bits per heavy atom. The summed E-state index contributed by atoms with van der Waals surface area (Å²) in [5.41, 5.74) is 1.84. The second kappa shape index (κ2) is 8.58. The van der Waals surface area contributed by atoms with Crippen molar-refractivity contribution in [1.82, 2.24) is 9.80 Å². The van der Waals surface area contributed by atoms with E-state index in [1.54, 1.807) is 12.1 Å². The molecule has 0 spiro atoms. The predicted molar refractivity (Wildman–Crippen MR) is 118 cm³/mol. The summed E-state index contributed by atoms with van der Waals surface area (Å²) in [6.45, 7) is 4.87. The molecule has 2 aliphatic rings. The van der Waals surface area contributed by atoms with Crippen molar-refractivity contribution in [3.63, 3.8) is 0 Å². The van der Waals surface area contributed by atoms with Crippen LogP contribution in [0.5, 0.6) is 0 Å². The van der Waals surface area contributed by atoms with Gasteiger partial charge in [0.05, 0.1) is 16.2 Å². The van der Waals surface area contributed by atoms with Crippen LogP contribution in [0.2, 0.25) is 0 Å². The van der Waals surface area contributed by atoms with Gasteiger partial charge in [-0.25, -0.2) is 4.90 Å². The van der Waals surface area contributed by atoms with Gasteiger partial charge < -0.3 is 4.90 Å². The summed E-state index contributed by atoms with van der Waals surface area (Å²) in [5.74, 6) is -1.15. The van der Waals surface area contributed by atoms with Crippen LogP contribution in [0.1, 0.15) is 11.1 Å². The van der Waals surface area contributed by atoms with Gasteiger partial charge >= 0.3 is 0 Å². The fourth-order valence-corrected chi connectivity index (χ4v) is 4.03. The summed E-state index contributed by atoms with van der Waals surface area (Å²) in [6.07, 6.45) is 0. The second-order valence-corrected chi connectivity index (χ2v) is 8.06. The molecule has 0 N–H and O–H groups in total. The maximum atomic E-state index is 13.0. The summed E-state index contributed by atoms with van der Waals surface area (Å²) in [4.78, 5) is 41.7. The molecule has 0 unspecified atom stereocenters. The van der Waals surface area contributed by atoms with Crippen molar-refractivity contribution in [3.05, 3.63) is 74.8 Å².